The standard InChI is InChI=1S/C20H28NO3/c1-2-3-4-14-17-20(21(23)24)18-15-12-10-8-6-5-7-9-11-13-16-19-22/h3-4,6-9,12,15,17H,2,5,10-11,13-14,16,18H2,1H3/b4-3+,8-6+,9-7+,15-12+,20-17-. The number of hydrogen-bond acceptors (Lipinski definition) is 3. The largest absolute Gasteiger partial charge is 0.291 e. The van der Waals surface area contributed by atoms with Crippen LogP contribution in [0.5, 0.6) is 0 Å². The molecule has 0 unspecified atom stereocenters. The Kier molecular flexibility index (Phi) is 15.5. The van der Waals surface area contributed by atoms with Crippen LogP contribution in [-0.2, 0) is 4.79 Å². The first-order valence-corrected chi connectivity index (χ1v) is 8.50. The van der Waals surface area contributed by atoms with Gasteiger partial charge in [-0.15, -0.1) is 0 Å². The van der Waals surface area contributed by atoms with Crippen LogP contribution < -0.4 is 0 Å². The molecule has 0 aliphatic carbocycles. The van der Waals surface area contributed by atoms with Crippen LogP contribution in [0.1, 0.15) is 58.3 Å². The summed E-state index contributed by atoms with van der Waals surface area (Å²) in [5.74, 6) is 0. The Bertz CT molecular complexity index is 485. The van der Waals surface area contributed by atoms with Crippen LogP contribution in [0.15, 0.2) is 60.4 Å². The summed E-state index contributed by atoms with van der Waals surface area (Å²) in [6.07, 6.45) is 25.3. The van der Waals surface area contributed by atoms with E-state index < -0.39 is 0 Å². The van der Waals surface area contributed by atoms with E-state index in [4.69, 9.17) is 0 Å². The van der Waals surface area contributed by atoms with Crippen molar-refractivity contribution in [3.05, 3.63) is 70.5 Å². The lowest BCUT2D eigenvalue weighted by Gasteiger charge is -1.93. The molecule has 0 saturated heterocycles. The van der Waals surface area contributed by atoms with Gasteiger partial charge < -0.3 is 0 Å². The molecule has 0 aliphatic rings. The normalized spacial score (nSPS) is 13.0. The third-order valence-corrected chi connectivity index (χ3v) is 3.15. The van der Waals surface area contributed by atoms with E-state index in [9.17, 15) is 14.9 Å². The van der Waals surface area contributed by atoms with Crippen molar-refractivity contribution in [1.29, 1.82) is 0 Å². The first-order valence-electron chi connectivity index (χ1n) is 8.50. The minimum atomic E-state index is -0.312. The molecule has 1 radical (unpaired) electrons. The average Bonchev–Trinajstić information content (AvgIpc) is 2.57. The summed E-state index contributed by atoms with van der Waals surface area (Å²) < 4.78 is 0. The Labute approximate surface area is 145 Å². The fourth-order valence-corrected chi connectivity index (χ4v) is 1.86. The van der Waals surface area contributed by atoms with Crippen LogP contribution in [0, 0.1) is 10.1 Å². The molecule has 0 amide bonds. The minimum Gasteiger partial charge on any atom is -0.291 e. The maximum Gasteiger partial charge on any atom is 0.246 e. The quantitative estimate of drug-likeness (QED) is 0.180. The molecule has 4 nitrogen and oxygen atoms in total. The summed E-state index contributed by atoms with van der Waals surface area (Å²) in [6.45, 7) is 2.03. The highest BCUT2D eigenvalue weighted by molar-refractivity contribution is 5.50. The van der Waals surface area contributed by atoms with Crippen LogP contribution in [0.25, 0.3) is 0 Å². The van der Waals surface area contributed by atoms with Gasteiger partial charge in [0, 0.05) is 6.42 Å². The van der Waals surface area contributed by atoms with Gasteiger partial charge in [0.25, 0.3) is 0 Å². The Morgan fingerprint density at radius 1 is 0.958 bits per heavy atom. The molecule has 0 aromatic carbocycles. The van der Waals surface area contributed by atoms with Crippen molar-refractivity contribution in [3.8, 4) is 0 Å². The zero-order valence-corrected chi connectivity index (χ0v) is 14.5. The van der Waals surface area contributed by atoms with Crippen LogP contribution in [0.4, 0.5) is 0 Å². The van der Waals surface area contributed by atoms with Gasteiger partial charge in [-0.2, -0.15) is 0 Å². The third kappa shape index (κ3) is 14.7. The number of nitrogens with zero attached hydrogens (tertiary/aromatic N) is 1. The summed E-state index contributed by atoms with van der Waals surface area (Å²) in [6, 6.07) is 0. The lowest BCUT2D eigenvalue weighted by atomic mass is 10.2. The minimum absolute atomic E-state index is 0.242. The van der Waals surface area contributed by atoms with E-state index in [1.807, 2.05) is 43.6 Å². The number of allylic oxidation sites excluding steroid dienone is 9. The van der Waals surface area contributed by atoms with Crippen molar-refractivity contribution >= 4 is 6.29 Å². The highest BCUT2D eigenvalue weighted by atomic mass is 16.6. The second kappa shape index (κ2) is 17.1. The molecule has 0 saturated carbocycles. The Morgan fingerprint density at radius 2 is 1.58 bits per heavy atom. The van der Waals surface area contributed by atoms with Crippen molar-refractivity contribution in [3.63, 3.8) is 0 Å². The molecule has 0 aliphatic heterocycles. The molecule has 0 fully saturated rings. The molecular formula is C20H28NO3. The van der Waals surface area contributed by atoms with E-state index in [-0.39, 0.29) is 10.6 Å². The van der Waals surface area contributed by atoms with Gasteiger partial charge in [0.05, 0.1) is 11.3 Å². The van der Waals surface area contributed by atoms with Crippen molar-refractivity contribution in [1.82, 2.24) is 0 Å². The topological polar surface area (TPSA) is 60.2 Å². The molecule has 4 heteroatoms. The predicted octanol–water partition coefficient (Wildman–Crippen LogP) is 5.62. The Balaban J connectivity index is 3.95. The molecule has 0 atom stereocenters. The molecule has 0 aromatic heterocycles. The second-order valence-corrected chi connectivity index (χ2v) is 5.19. The molecule has 0 spiro atoms. The van der Waals surface area contributed by atoms with Gasteiger partial charge in [-0.1, -0.05) is 55.5 Å². The van der Waals surface area contributed by atoms with Gasteiger partial charge in [0.2, 0.25) is 5.70 Å². The first-order chi connectivity index (χ1) is 11.7. The van der Waals surface area contributed by atoms with Crippen molar-refractivity contribution in [2.75, 3.05) is 0 Å². The van der Waals surface area contributed by atoms with E-state index in [1.54, 1.807) is 6.08 Å². The van der Waals surface area contributed by atoms with Gasteiger partial charge in [0.1, 0.15) is 0 Å². The lowest BCUT2D eigenvalue weighted by Crippen LogP contribution is -1.97. The zero-order valence-electron chi connectivity index (χ0n) is 14.5. The van der Waals surface area contributed by atoms with Gasteiger partial charge in [0.15, 0.2) is 6.29 Å². The summed E-state index contributed by atoms with van der Waals surface area (Å²) in [5.41, 5.74) is 0.242. The van der Waals surface area contributed by atoms with E-state index in [2.05, 4.69) is 18.2 Å². The monoisotopic (exact) mass is 330 g/mol. The molecule has 0 aromatic rings. The summed E-state index contributed by atoms with van der Waals surface area (Å²) in [5, 5.41) is 10.9. The highest BCUT2D eigenvalue weighted by Crippen LogP contribution is 2.06. The smallest absolute Gasteiger partial charge is 0.246 e. The van der Waals surface area contributed by atoms with Crippen LogP contribution in [0.2, 0.25) is 0 Å². The highest BCUT2D eigenvalue weighted by Gasteiger charge is 2.06. The molecule has 24 heavy (non-hydrogen) atoms. The van der Waals surface area contributed by atoms with Gasteiger partial charge in [-0.05, 0) is 44.6 Å². The SMILES string of the molecule is CC/C=C/C/C=C(/C/C=C/C/C=C/C/C=C/CCC[C]=O)[N+](=O)[O-]. The fraction of sp³-hybridized carbons (Fsp3) is 0.450. The third-order valence-electron chi connectivity index (χ3n) is 3.15. The van der Waals surface area contributed by atoms with Gasteiger partial charge >= 0.3 is 0 Å². The van der Waals surface area contributed by atoms with E-state index >= 15 is 0 Å². The number of unbranched alkanes of at least 4 members (excludes halogenated alkanes) is 2. The summed E-state index contributed by atoms with van der Waals surface area (Å²) in [4.78, 5) is 20.6. The molecule has 0 rings (SSSR count). The van der Waals surface area contributed by atoms with Crippen molar-refractivity contribution in [2.24, 2.45) is 0 Å². The van der Waals surface area contributed by atoms with E-state index in [0.29, 0.717) is 19.3 Å². The van der Waals surface area contributed by atoms with Crippen molar-refractivity contribution < 1.29 is 9.72 Å². The first kappa shape index (κ1) is 21.8. The fourth-order valence-electron chi connectivity index (χ4n) is 1.86. The zero-order chi connectivity index (χ0) is 17.9. The summed E-state index contributed by atoms with van der Waals surface area (Å²) in [7, 11) is 0. The Hall–Kier alpha value is -2.23. The average molecular weight is 330 g/mol. The van der Waals surface area contributed by atoms with E-state index in [0.717, 1.165) is 32.1 Å². The summed E-state index contributed by atoms with van der Waals surface area (Å²) >= 11 is 0. The molecule has 0 heterocycles. The maximum absolute atomic E-state index is 10.9. The predicted molar refractivity (Wildman–Crippen MR) is 99.9 cm³/mol. The molecular weight excluding hydrogens is 302 g/mol. The lowest BCUT2D eigenvalue weighted by molar-refractivity contribution is -0.427. The van der Waals surface area contributed by atoms with Crippen LogP contribution in [-0.4, -0.2) is 11.2 Å². The van der Waals surface area contributed by atoms with Gasteiger partial charge in [-0.3, -0.25) is 14.9 Å². The molecule has 131 valence electrons. The number of rotatable bonds is 14. The molecule has 0 N–H and O–H groups in total. The van der Waals surface area contributed by atoms with E-state index in [1.165, 1.54) is 0 Å². The van der Waals surface area contributed by atoms with Crippen molar-refractivity contribution in [2.45, 2.75) is 58.3 Å². The maximum atomic E-state index is 10.9. The van der Waals surface area contributed by atoms with Crippen LogP contribution in [0.3, 0.4) is 0 Å². The van der Waals surface area contributed by atoms with Crippen LogP contribution >= 0.6 is 0 Å². The second-order valence-electron chi connectivity index (χ2n) is 5.19. The number of hydrogen-bond donors (Lipinski definition) is 0. The Morgan fingerprint density at radius 3 is 2.21 bits per heavy atom. The number of nitro groups is 1. The number of carbonyl (C=O) groups excluding carboxylic acids is 1. The molecule has 0 bridgehead atoms. The van der Waals surface area contributed by atoms with Gasteiger partial charge in [-0.25, -0.2) is 0 Å².